The number of aromatic nitrogens is 3. The lowest BCUT2D eigenvalue weighted by Crippen LogP contribution is -2.46. The van der Waals surface area contributed by atoms with Crippen molar-refractivity contribution < 1.29 is 24.1 Å². The lowest BCUT2D eigenvalue weighted by molar-refractivity contribution is -0.160. The summed E-state index contributed by atoms with van der Waals surface area (Å²) in [6, 6.07) is 10.4. The van der Waals surface area contributed by atoms with Crippen LogP contribution in [0.25, 0.3) is 5.65 Å². The molecule has 1 saturated heterocycles. The molecule has 1 aromatic carbocycles. The van der Waals surface area contributed by atoms with Gasteiger partial charge in [-0.3, -0.25) is 0 Å². The number of ether oxygens (including phenoxy) is 3. The maximum Gasteiger partial charge on any atom is 0.337 e. The van der Waals surface area contributed by atoms with Gasteiger partial charge in [-0.1, -0.05) is 30.7 Å². The second-order valence-corrected chi connectivity index (χ2v) is 12.6. The zero-order valence-electron chi connectivity index (χ0n) is 25.1. The van der Waals surface area contributed by atoms with E-state index in [0.29, 0.717) is 43.2 Å². The van der Waals surface area contributed by atoms with Crippen LogP contribution in [-0.4, -0.2) is 56.6 Å². The van der Waals surface area contributed by atoms with Crippen LogP contribution in [0.5, 0.6) is 0 Å². The SMILES string of the molecule is Cc1nc2cc3nn2c(c1C(OC(C)(C)C)C(=O)O)N1CCC(C)(CC1)OCCCCCc1ccccc1COC3. The molecule has 1 fully saturated rings. The quantitative estimate of drug-likeness (QED) is 0.426. The lowest BCUT2D eigenvalue weighted by Gasteiger charge is -2.41. The second kappa shape index (κ2) is 12.1. The Kier molecular flexibility index (Phi) is 8.68. The molecule has 0 saturated carbocycles. The Labute approximate surface area is 242 Å². The Morgan fingerprint density at radius 3 is 2.54 bits per heavy atom. The zero-order valence-corrected chi connectivity index (χ0v) is 25.1. The van der Waals surface area contributed by atoms with Crippen molar-refractivity contribution in [1.82, 2.24) is 14.6 Å². The number of aliphatic carboxylic acids is 1. The molecule has 0 radical (unpaired) electrons. The number of aryl methyl sites for hydroxylation is 2. The van der Waals surface area contributed by atoms with Crippen molar-refractivity contribution in [2.75, 3.05) is 24.6 Å². The summed E-state index contributed by atoms with van der Waals surface area (Å²) in [7, 11) is 0. The molecule has 3 aliphatic heterocycles. The van der Waals surface area contributed by atoms with Crippen molar-refractivity contribution in [3.8, 4) is 0 Å². The van der Waals surface area contributed by atoms with Gasteiger partial charge in [0.25, 0.3) is 0 Å². The Hall–Kier alpha value is -3.01. The fourth-order valence-corrected chi connectivity index (χ4v) is 5.89. The molecule has 9 nitrogen and oxygen atoms in total. The number of hydrogen-bond donors (Lipinski definition) is 1. The van der Waals surface area contributed by atoms with Crippen molar-refractivity contribution in [3.63, 3.8) is 0 Å². The number of piperidine rings is 1. The van der Waals surface area contributed by atoms with Crippen LogP contribution in [-0.2, 0) is 38.6 Å². The number of benzene rings is 1. The first-order chi connectivity index (χ1) is 19.5. The van der Waals surface area contributed by atoms with Crippen LogP contribution >= 0.6 is 0 Å². The van der Waals surface area contributed by atoms with Gasteiger partial charge in [0.1, 0.15) is 5.82 Å². The van der Waals surface area contributed by atoms with Gasteiger partial charge in [0, 0.05) is 31.5 Å². The van der Waals surface area contributed by atoms with Crippen molar-refractivity contribution in [2.45, 2.75) is 104 Å². The Morgan fingerprint density at radius 2 is 1.83 bits per heavy atom. The maximum atomic E-state index is 12.6. The molecule has 222 valence electrons. The first-order valence-electron chi connectivity index (χ1n) is 14.9. The predicted molar refractivity (Wildman–Crippen MR) is 157 cm³/mol. The Bertz CT molecular complexity index is 1370. The summed E-state index contributed by atoms with van der Waals surface area (Å²) in [5, 5.41) is 15.2. The molecule has 1 N–H and O–H groups in total. The molecular formula is C32H44N4O5. The van der Waals surface area contributed by atoms with Gasteiger partial charge in [0.05, 0.1) is 35.7 Å². The van der Waals surface area contributed by atoms with E-state index in [4.69, 9.17) is 24.3 Å². The van der Waals surface area contributed by atoms with Crippen molar-refractivity contribution in [2.24, 2.45) is 0 Å². The van der Waals surface area contributed by atoms with Crippen molar-refractivity contribution >= 4 is 17.4 Å². The van der Waals surface area contributed by atoms with Gasteiger partial charge in [-0.2, -0.15) is 9.61 Å². The van der Waals surface area contributed by atoms with Crippen LogP contribution in [0.15, 0.2) is 30.3 Å². The van der Waals surface area contributed by atoms with E-state index in [9.17, 15) is 9.90 Å². The minimum Gasteiger partial charge on any atom is -0.479 e. The lowest BCUT2D eigenvalue weighted by atomic mass is 9.92. The summed E-state index contributed by atoms with van der Waals surface area (Å²) in [6.07, 6.45) is 4.77. The van der Waals surface area contributed by atoms with Crippen LogP contribution in [0.1, 0.15) is 94.0 Å². The third-order valence-electron chi connectivity index (χ3n) is 8.10. The molecule has 0 aliphatic carbocycles. The van der Waals surface area contributed by atoms with Gasteiger partial charge in [-0.25, -0.2) is 9.78 Å². The van der Waals surface area contributed by atoms with E-state index in [0.717, 1.165) is 56.6 Å². The summed E-state index contributed by atoms with van der Waals surface area (Å²) in [4.78, 5) is 19.7. The summed E-state index contributed by atoms with van der Waals surface area (Å²) in [6.45, 7) is 12.7. The van der Waals surface area contributed by atoms with Gasteiger partial charge in [-0.05, 0) is 77.8 Å². The van der Waals surface area contributed by atoms with Crippen molar-refractivity contribution in [1.29, 1.82) is 0 Å². The zero-order chi connectivity index (χ0) is 29.2. The van der Waals surface area contributed by atoms with E-state index < -0.39 is 17.7 Å². The Morgan fingerprint density at radius 1 is 1.10 bits per heavy atom. The molecule has 3 aliphatic rings. The average molecular weight is 565 g/mol. The standard InChI is InChI=1S/C32H44N4O5/c1-22-27(28(30(37)38)41-31(2,3)4)29-35-16-14-32(5,15-17-35)40-18-10-6-7-11-23-12-8-9-13-24(23)20-39-21-25-19-26(33-22)36(29)34-25/h8-9,12-13,19,28H,6-7,10-11,14-18,20-21H2,1-5H3,(H,37,38). The number of carboxylic acid groups (broad SMARTS) is 1. The monoisotopic (exact) mass is 564 g/mol. The van der Waals surface area contributed by atoms with Gasteiger partial charge < -0.3 is 24.2 Å². The first-order valence-corrected chi connectivity index (χ1v) is 14.9. The number of carbonyl (C=O) groups is 1. The molecule has 9 heteroatoms. The van der Waals surface area contributed by atoms with Gasteiger partial charge in [0.15, 0.2) is 11.8 Å². The predicted octanol–water partition coefficient (Wildman–Crippen LogP) is 5.80. The largest absolute Gasteiger partial charge is 0.479 e. The van der Waals surface area contributed by atoms with Crippen LogP contribution in [0, 0.1) is 6.92 Å². The van der Waals surface area contributed by atoms with Crippen LogP contribution in [0.3, 0.4) is 0 Å². The van der Waals surface area contributed by atoms with Gasteiger partial charge in [-0.15, -0.1) is 0 Å². The van der Waals surface area contributed by atoms with Gasteiger partial charge in [0.2, 0.25) is 0 Å². The molecule has 0 spiro atoms. The van der Waals surface area contributed by atoms with E-state index in [2.05, 4.69) is 36.1 Å². The van der Waals surface area contributed by atoms with E-state index in [1.165, 1.54) is 11.1 Å². The highest BCUT2D eigenvalue weighted by atomic mass is 16.5. The average Bonchev–Trinajstić information content (AvgIpc) is 3.31. The maximum absolute atomic E-state index is 12.6. The molecule has 2 aromatic heterocycles. The topological polar surface area (TPSA) is 98.4 Å². The Balaban J connectivity index is 1.56. The summed E-state index contributed by atoms with van der Waals surface area (Å²) in [5.41, 5.74) is 4.21. The number of rotatable bonds is 3. The van der Waals surface area contributed by atoms with Crippen molar-refractivity contribution in [3.05, 3.63) is 58.4 Å². The van der Waals surface area contributed by atoms with Crippen LogP contribution in [0.4, 0.5) is 5.82 Å². The molecule has 41 heavy (non-hydrogen) atoms. The third-order valence-corrected chi connectivity index (χ3v) is 8.10. The molecule has 0 amide bonds. The molecule has 5 heterocycles. The highest BCUT2D eigenvalue weighted by molar-refractivity contribution is 5.78. The summed E-state index contributed by atoms with van der Waals surface area (Å²) < 4.78 is 20.5. The van der Waals surface area contributed by atoms with E-state index in [1.54, 1.807) is 4.52 Å². The minimum absolute atomic E-state index is 0.218. The molecule has 4 bridgehead atoms. The molecule has 1 atom stereocenters. The summed E-state index contributed by atoms with van der Waals surface area (Å²) in [5.74, 6) is -0.323. The van der Waals surface area contributed by atoms with Crippen LogP contribution < -0.4 is 4.90 Å². The summed E-state index contributed by atoms with van der Waals surface area (Å²) >= 11 is 0. The number of anilines is 1. The smallest absolute Gasteiger partial charge is 0.337 e. The van der Waals surface area contributed by atoms with Crippen LogP contribution in [0.2, 0.25) is 0 Å². The van der Waals surface area contributed by atoms with E-state index in [-0.39, 0.29) is 5.60 Å². The first kappa shape index (κ1) is 29.5. The number of hydrogen-bond acceptors (Lipinski definition) is 7. The number of fused-ring (bicyclic) bond motifs is 9. The van der Waals surface area contributed by atoms with E-state index >= 15 is 0 Å². The molecule has 6 rings (SSSR count). The number of nitrogens with zero attached hydrogens (tertiary/aromatic N) is 4. The fraction of sp³-hybridized carbons (Fsp3) is 0.594. The molecular weight excluding hydrogens is 520 g/mol. The minimum atomic E-state index is -1.19. The second-order valence-electron chi connectivity index (χ2n) is 12.6. The van der Waals surface area contributed by atoms with Gasteiger partial charge >= 0.3 is 5.97 Å². The number of carboxylic acids is 1. The highest BCUT2D eigenvalue weighted by Crippen LogP contribution is 2.38. The third kappa shape index (κ3) is 6.90. The fourth-order valence-electron chi connectivity index (χ4n) is 5.89. The molecule has 3 aromatic rings. The van der Waals surface area contributed by atoms with E-state index in [1.807, 2.05) is 33.8 Å². The highest BCUT2D eigenvalue weighted by Gasteiger charge is 2.37. The molecule has 1 unspecified atom stereocenters. The normalized spacial score (nSPS) is 19.4.